The van der Waals surface area contributed by atoms with Crippen LogP contribution in [0.15, 0.2) is 0 Å². The van der Waals surface area contributed by atoms with Crippen LogP contribution in [0.4, 0.5) is 0 Å². The Morgan fingerprint density at radius 3 is 2.71 bits per heavy atom. The van der Waals surface area contributed by atoms with Gasteiger partial charge in [-0.15, -0.1) is 0 Å². The minimum Gasteiger partial charge on any atom is -0.345 e. The van der Waals surface area contributed by atoms with Crippen molar-refractivity contribution in [2.24, 2.45) is 5.92 Å². The molecule has 0 bridgehead atoms. The van der Waals surface area contributed by atoms with Crippen LogP contribution in [0.5, 0.6) is 0 Å². The maximum atomic E-state index is 10.5. The van der Waals surface area contributed by atoms with Gasteiger partial charge in [0.1, 0.15) is 0 Å². The van der Waals surface area contributed by atoms with Crippen molar-refractivity contribution >= 4 is 6.41 Å². The molecule has 2 rings (SSSR count). The van der Waals surface area contributed by atoms with Crippen LogP contribution in [0.1, 0.15) is 6.42 Å². The number of rotatable bonds is 3. The third-order valence-corrected chi connectivity index (χ3v) is 3.19. The summed E-state index contributed by atoms with van der Waals surface area (Å²) >= 11 is 0. The fourth-order valence-electron chi connectivity index (χ4n) is 2.37. The Balaban J connectivity index is 1.72. The molecule has 0 aromatic heterocycles. The highest BCUT2D eigenvalue weighted by Gasteiger charge is 2.23. The zero-order valence-corrected chi connectivity index (χ0v) is 8.61. The minimum absolute atomic E-state index is 0.707. The topological polar surface area (TPSA) is 35.6 Å². The molecule has 0 saturated carbocycles. The highest BCUT2D eigenvalue weighted by molar-refractivity contribution is 5.47. The summed E-state index contributed by atoms with van der Waals surface area (Å²) in [5, 5.41) is 3.35. The highest BCUT2D eigenvalue weighted by Crippen LogP contribution is 2.15. The normalized spacial score (nSPS) is 29.4. The molecule has 1 N–H and O–H groups in total. The first kappa shape index (κ1) is 9.93. The van der Waals surface area contributed by atoms with E-state index < -0.39 is 0 Å². The second kappa shape index (κ2) is 4.75. The Morgan fingerprint density at radius 2 is 2.07 bits per heavy atom. The summed E-state index contributed by atoms with van der Waals surface area (Å²) in [6.45, 7) is 7.66. The van der Waals surface area contributed by atoms with Crippen molar-refractivity contribution in [1.29, 1.82) is 0 Å². The van der Waals surface area contributed by atoms with E-state index in [9.17, 15) is 4.79 Å². The molecule has 0 radical (unpaired) electrons. The third-order valence-electron chi connectivity index (χ3n) is 3.19. The first-order chi connectivity index (χ1) is 6.88. The van der Waals surface area contributed by atoms with E-state index in [0.29, 0.717) is 5.92 Å². The molecule has 80 valence electrons. The lowest BCUT2D eigenvalue weighted by atomic mass is 10.1. The molecule has 0 aliphatic carbocycles. The molecular formula is C10H19N3O. The average Bonchev–Trinajstić information content (AvgIpc) is 2.67. The van der Waals surface area contributed by atoms with Crippen LogP contribution in [0.25, 0.3) is 0 Å². The summed E-state index contributed by atoms with van der Waals surface area (Å²) in [7, 11) is 0. The molecule has 4 heteroatoms. The SMILES string of the molecule is O=CN1CCC(CN2CCNCC2)C1. The Bertz CT molecular complexity index is 192. The largest absolute Gasteiger partial charge is 0.345 e. The summed E-state index contributed by atoms with van der Waals surface area (Å²) in [6, 6.07) is 0. The number of carbonyl (C=O) groups excluding carboxylic acids is 1. The van der Waals surface area contributed by atoms with Crippen molar-refractivity contribution in [3.05, 3.63) is 0 Å². The summed E-state index contributed by atoms with van der Waals surface area (Å²) in [5.74, 6) is 0.707. The molecule has 1 amide bonds. The fraction of sp³-hybridized carbons (Fsp3) is 0.900. The average molecular weight is 197 g/mol. The fourth-order valence-corrected chi connectivity index (χ4v) is 2.37. The third kappa shape index (κ3) is 2.45. The van der Waals surface area contributed by atoms with Gasteiger partial charge in [-0.05, 0) is 12.3 Å². The van der Waals surface area contributed by atoms with Crippen molar-refractivity contribution in [2.45, 2.75) is 6.42 Å². The van der Waals surface area contributed by atoms with E-state index in [1.807, 2.05) is 4.90 Å². The van der Waals surface area contributed by atoms with Gasteiger partial charge in [0.25, 0.3) is 0 Å². The summed E-state index contributed by atoms with van der Waals surface area (Å²) < 4.78 is 0. The first-order valence-corrected chi connectivity index (χ1v) is 5.51. The van der Waals surface area contributed by atoms with Crippen molar-refractivity contribution in [2.75, 3.05) is 45.8 Å². The molecule has 1 atom stereocenters. The number of hydrogen-bond acceptors (Lipinski definition) is 3. The number of piperazine rings is 1. The van der Waals surface area contributed by atoms with Crippen LogP contribution in [0.3, 0.4) is 0 Å². The van der Waals surface area contributed by atoms with E-state index in [2.05, 4.69) is 10.2 Å². The predicted octanol–water partition coefficient (Wildman–Crippen LogP) is -0.630. The summed E-state index contributed by atoms with van der Waals surface area (Å²) in [4.78, 5) is 15.0. The Labute approximate surface area is 85.2 Å². The van der Waals surface area contributed by atoms with E-state index in [-0.39, 0.29) is 0 Å². The van der Waals surface area contributed by atoms with E-state index in [1.54, 1.807) is 0 Å². The molecule has 2 aliphatic rings. The van der Waals surface area contributed by atoms with Gasteiger partial charge in [0, 0.05) is 45.8 Å². The van der Waals surface area contributed by atoms with Crippen molar-refractivity contribution in [3.63, 3.8) is 0 Å². The molecule has 0 aromatic carbocycles. The van der Waals surface area contributed by atoms with E-state index in [4.69, 9.17) is 0 Å². The minimum atomic E-state index is 0.707. The van der Waals surface area contributed by atoms with Gasteiger partial charge in [0.05, 0.1) is 0 Å². The zero-order valence-electron chi connectivity index (χ0n) is 8.61. The molecule has 14 heavy (non-hydrogen) atoms. The summed E-state index contributed by atoms with van der Waals surface area (Å²) in [5.41, 5.74) is 0. The van der Waals surface area contributed by atoms with Gasteiger partial charge in [-0.25, -0.2) is 0 Å². The highest BCUT2D eigenvalue weighted by atomic mass is 16.1. The monoisotopic (exact) mass is 197 g/mol. The van der Waals surface area contributed by atoms with Gasteiger partial charge in [-0.2, -0.15) is 0 Å². The van der Waals surface area contributed by atoms with Gasteiger partial charge in [-0.1, -0.05) is 0 Å². The van der Waals surface area contributed by atoms with Crippen molar-refractivity contribution in [3.8, 4) is 0 Å². The van der Waals surface area contributed by atoms with Gasteiger partial charge in [0.15, 0.2) is 0 Å². The second-order valence-corrected chi connectivity index (χ2v) is 4.31. The molecule has 0 spiro atoms. The lowest BCUT2D eigenvalue weighted by molar-refractivity contribution is -0.117. The van der Waals surface area contributed by atoms with Crippen LogP contribution in [0, 0.1) is 5.92 Å². The maximum absolute atomic E-state index is 10.5. The smallest absolute Gasteiger partial charge is 0.209 e. The van der Waals surface area contributed by atoms with Crippen molar-refractivity contribution < 1.29 is 4.79 Å². The molecular weight excluding hydrogens is 178 g/mol. The van der Waals surface area contributed by atoms with Gasteiger partial charge in [-0.3, -0.25) is 4.79 Å². The lowest BCUT2D eigenvalue weighted by Gasteiger charge is -2.29. The van der Waals surface area contributed by atoms with Gasteiger partial charge in [0.2, 0.25) is 6.41 Å². The van der Waals surface area contributed by atoms with E-state index in [1.165, 1.54) is 13.0 Å². The predicted molar refractivity (Wildman–Crippen MR) is 55.1 cm³/mol. The molecule has 2 heterocycles. The molecule has 2 saturated heterocycles. The Hall–Kier alpha value is -0.610. The van der Waals surface area contributed by atoms with Crippen molar-refractivity contribution in [1.82, 2.24) is 15.1 Å². The van der Waals surface area contributed by atoms with Gasteiger partial charge >= 0.3 is 0 Å². The molecule has 0 aromatic rings. The number of nitrogens with one attached hydrogen (secondary N) is 1. The second-order valence-electron chi connectivity index (χ2n) is 4.31. The van der Waals surface area contributed by atoms with Crippen LogP contribution in [-0.2, 0) is 4.79 Å². The molecule has 2 aliphatic heterocycles. The number of carbonyl (C=O) groups is 1. The summed E-state index contributed by atoms with van der Waals surface area (Å²) in [6.07, 6.45) is 2.17. The standard InChI is InChI=1S/C10H19N3O/c14-9-13-4-1-10(8-13)7-12-5-2-11-3-6-12/h9-11H,1-8H2. The van der Waals surface area contributed by atoms with E-state index >= 15 is 0 Å². The number of nitrogens with zero attached hydrogens (tertiary/aromatic N) is 2. The zero-order chi connectivity index (χ0) is 9.80. The van der Waals surface area contributed by atoms with Gasteiger partial charge < -0.3 is 15.1 Å². The van der Waals surface area contributed by atoms with Crippen LogP contribution >= 0.6 is 0 Å². The van der Waals surface area contributed by atoms with E-state index in [0.717, 1.165) is 45.7 Å². The Morgan fingerprint density at radius 1 is 1.29 bits per heavy atom. The lowest BCUT2D eigenvalue weighted by Crippen LogP contribution is -2.45. The molecule has 4 nitrogen and oxygen atoms in total. The van der Waals surface area contributed by atoms with Crippen LogP contribution < -0.4 is 5.32 Å². The maximum Gasteiger partial charge on any atom is 0.209 e. The molecule has 2 fully saturated rings. The first-order valence-electron chi connectivity index (χ1n) is 5.51. The quantitative estimate of drug-likeness (QED) is 0.612. The number of hydrogen-bond donors (Lipinski definition) is 1. The Kier molecular flexibility index (Phi) is 3.37. The number of likely N-dealkylation sites (tertiary alicyclic amines) is 1. The number of amides is 1. The van der Waals surface area contributed by atoms with Crippen LogP contribution in [-0.4, -0.2) is 62.0 Å². The molecule has 1 unspecified atom stereocenters. The van der Waals surface area contributed by atoms with Crippen LogP contribution in [0.2, 0.25) is 0 Å².